The zero-order valence-corrected chi connectivity index (χ0v) is 32.1. The van der Waals surface area contributed by atoms with Gasteiger partial charge in [-0.3, -0.25) is 9.59 Å². The number of carbonyl (C=O) groups excluding carboxylic acids is 2. The number of hydrogen-bond acceptors (Lipinski definition) is 5. The molecule has 0 heterocycles. The highest BCUT2D eigenvalue weighted by Gasteiger charge is 2.29. The maximum absolute atomic E-state index is 12.8. The molecular formula is C43H77NO4. The minimum Gasteiger partial charge on any atom is -0.465 e. The molecule has 0 rings (SSSR count). The molecule has 0 aromatic carbocycles. The van der Waals surface area contributed by atoms with E-state index >= 15 is 0 Å². The highest BCUT2D eigenvalue weighted by atomic mass is 16.6. The molecule has 0 aliphatic carbocycles. The van der Waals surface area contributed by atoms with E-state index in [9.17, 15) is 9.59 Å². The zero-order valence-electron chi connectivity index (χ0n) is 32.1. The summed E-state index contributed by atoms with van der Waals surface area (Å²) in [6.07, 6.45) is 47.0. The van der Waals surface area contributed by atoms with Crippen molar-refractivity contribution in [3.05, 3.63) is 48.6 Å². The van der Waals surface area contributed by atoms with Crippen LogP contribution in [0.4, 0.5) is 0 Å². The number of carbonyl (C=O) groups is 2. The smallest absolute Gasteiger partial charge is 0.320 e. The Bertz CT molecular complexity index is 767. The van der Waals surface area contributed by atoms with E-state index in [0.717, 1.165) is 64.2 Å². The van der Waals surface area contributed by atoms with E-state index in [0.29, 0.717) is 26.2 Å². The fourth-order valence-corrected chi connectivity index (χ4v) is 5.45. The van der Waals surface area contributed by atoms with Gasteiger partial charge in [0.05, 0.1) is 13.2 Å². The summed E-state index contributed by atoms with van der Waals surface area (Å²) in [6.45, 7) is 5.89. The summed E-state index contributed by atoms with van der Waals surface area (Å²) in [4.78, 5) is 27.5. The van der Waals surface area contributed by atoms with Crippen LogP contribution in [0.25, 0.3) is 0 Å². The lowest BCUT2D eigenvalue weighted by Gasteiger charge is -2.17. The lowest BCUT2D eigenvalue weighted by atomic mass is 10.1. The summed E-state index contributed by atoms with van der Waals surface area (Å²) in [5.41, 5.74) is 0. The molecule has 0 bridgehead atoms. The maximum atomic E-state index is 12.8. The molecule has 0 radical (unpaired) electrons. The van der Waals surface area contributed by atoms with E-state index in [1.54, 1.807) is 0 Å². The molecule has 0 amide bonds. The molecule has 0 spiro atoms. The van der Waals surface area contributed by atoms with Crippen LogP contribution in [0.5, 0.6) is 0 Å². The normalized spacial score (nSPS) is 12.8. The van der Waals surface area contributed by atoms with Gasteiger partial charge < -0.3 is 14.4 Å². The Hall–Kier alpha value is -2.14. The average Bonchev–Trinajstić information content (AvgIpc) is 3.07. The quantitative estimate of drug-likeness (QED) is 0.0290. The summed E-state index contributed by atoms with van der Waals surface area (Å²) in [6, 6.07) is 0. The number of ether oxygens (including phenoxy) is 2. The van der Waals surface area contributed by atoms with Crippen molar-refractivity contribution in [1.82, 2.24) is 4.90 Å². The van der Waals surface area contributed by atoms with E-state index in [-0.39, 0.29) is 0 Å². The van der Waals surface area contributed by atoms with Crippen molar-refractivity contribution < 1.29 is 19.1 Å². The van der Waals surface area contributed by atoms with Crippen molar-refractivity contribution >= 4 is 11.9 Å². The van der Waals surface area contributed by atoms with E-state index < -0.39 is 17.9 Å². The number of hydrogen-bond donors (Lipinski definition) is 0. The van der Waals surface area contributed by atoms with Gasteiger partial charge >= 0.3 is 11.9 Å². The fraction of sp³-hybridized carbons (Fsp3) is 0.767. The first-order valence-electron chi connectivity index (χ1n) is 20.1. The fourth-order valence-electron chi connectivity index (χ4n) is 5.45. The number of rotatable bonds is 35. The predicted octanol–water partition coefficient (Wildman–Crippen LogP) is 12.3. The molecule has 0 saturated heterocycles. The summed E-state index contributed by atoms with van der Waals surface area (Å²) >= 11 is 0. The highest BCUT2D eigenvalue weighted by Crippen LogP contribution is 2.14. The Balaban J connectivity index is 3.92. The number of unbranched alkanes of at least 4 members (excludes halogenated alkanes) is 18. The van der Waals surface area contributed by atoms with Crippen LogP contribution in [0, 0.1) is 5.92 Å². The van der Waals surface area contributed by atoms with Crippen molar-refractivity contribution in [3.63, 3.8) is 0 Å². The van der Waals surface area contributed by atoms with E-state index in [2.05, 4.69) is 62.5 Å². The van der Waals surface area contributed by atoms with Gasteiger partial charge in [0.1, 0.15) is 0 Å². The molecule has 0 aliphatic rings. The summed E-state index contributed by atoms with van der Waals surface area (Å²) in [7, 11) is 3.89. The number of nitrogens with zero attached hydrogens (tertiary/aromatic N) is 1. The molecule has 5 heteroatoms. The molecule has 48 heavy (non-hydrogen) atoms. The first-order chi connectivity index (χ1) is 23.5. The second-order valence-corrected chi connectivity index (χ2v) is 13.6. The van der Waals surface area contributed by atoms with Gasteiger partial charge in [-0.05, 0) is 104 Å². The zero-order chi connectivity index (χ0) is 35.2. The van der Waals surface area contributed by atoms with Crippen molar-refractivity contribution in [3.8, 4) is 0 Å². The largest absolute Gasteiger partial charge is 0.465 e. The van der Waals surface area contributed by atoms with Crippen LogP contribution in [0.3, 0.4) is 0 Å². The maximum Gasteiger partial charge on any atom is 0.320 e. The molecule has 5 nitrogen and oxygen atoms in total. The van der Waals surface area contributed by atoms with Crippen molar-refractivity contribution in [2.45, 2.75) is 174 Å². The van der Waals surface area contributed by atoms with E-state index in [1.807, 2.05) is 19.0 Å². The Labute approximate surface area is 298 Å². The molecule has 278 valence electrons. The van der Waals surface area contributed by atoms with Gasteiger partial charge in [-0.25, -0.2) is 0 Å². The molecular weight excluding hydrogens is 594 g/mol. The second-order valence-electron chi connectivity index (χ2n) is 13.6. The van der Waals surface area contributed by atoms with Crippen molar-refractivity contribution in [2.75, 3.05) is 33.9 Å². The molecule has 0 unspecified atom stereocenters. The van der Waals surface area contributed by atoms with Gasteiger partial charge in [-0.1, -0.05) is 140 Å². The first-order valence-corrected chi connectivity index (χ1v) is 20.1. The molecule has 0 atom stereocenters. The number of allylic oxidation sites excluding steroid dienone is 8. The molecule has 0 aromatic rings. The Kier molecular flexibility index (Phi) is 36.0. The van der Waals surface area contributed by atoms with Crippen molar-refractivity contribution in [1.29, 1.82) is 0 Å². The molecule has 0 aliphatic heterocycles. The van der Waals surface area contributed by atoms with Crippen LogP contribution in [-0.2, 0) is 19.1 Å². The predicted molar refractivity (Wildman–Crippen MR) is 207 cm³/mol. The van der Waals surface area contributed by atoms with Crippen LogP contribution in [0.15, 0.2) is 48.6 Å². The molecule has 0 N–H and O–H groups in total. The Morgan fingerprint density at radius 3 is 1.17 bits per heavy atom. The Morgan fingerprint density at radius 1 is 0.479 bits per heavy atom. The molecule has 0 fully saturated rings. The highest BCUT2D eigenvalue weighted by molar-refractivity contribution is 5.94. The Morgan fingerprint density at radius 2 is 0.812 bits per heavy atom. The first kappa shape index (κ1) is 45.9. The third-order valence-corrected chi connectivity index (χ3v) is 8.61. The van der Waals surface area contributed by atoms with Gasteiger partial charge in [0.2, 0.25) is 0 Å². The van der Waals surface area contributed by atoms with Crippen LogP contribution in [-0.4, -0.2) is 50.7 Å². The van der Waals surface area contributed by atoms with Crippen LogP contribution >= 0.6 is 0 Å². The van der Waals surface area contributed by atoms with Gasteiger partial charge in [0.25, 0.3) is 0 Å². The van der Waals surface area contributed by atoms with Gasteiger partial charge in [0, 0.05) is 0 Å². The van der Waals surface area contributed by atoms with Crippen LogP contribution in [0.1, 0.15) is 174 Å². The monoisotopic (exact) mass is 672 g/mol. The van der Waals surface area contributed by atoms with Gasteiger partial charge in [0.15, 0.2) is 5.92 Å². The topological polar surface area (TPSA) is 55.8 Å². The van der Waals surface area contributed by atoms with E-state index in [4.69, 9.17) is 9.47 Å². The van der Waals surface area contributed by atoms with E-state index in [1.165, 1.54) is 89.9 Å². The third-order valence-electron chi connectivity index (χ3n) is 8.61. The lowest BCUT2D eigenvalue weighted by Crippen LogP contribution is -2.31. The van der Waals surface area contributed by atoms with Crippen molar-refractivity contribution in [2.24, 2.45) is 5.92 Å². The van der Waals surface area contributed by atoms with Crippen LogP contribution in [0.2, 0.25) is 0 Å². The second kappa shape index (κ2) is 37.7. The minimum atomic E-state index is -0.832. The summed E-state index contributed by atoms with van der Waals surface area (Å²) in [5.74, 6) is -1.69. The van der Waals surface area contributed by atoms with Gasteiger partial charge in [-0.15, -0.1) is 0 Å². The minimum absolute atomic E-state index is 0.380. The summed E-state index contributed by atoms with van der Waals surface area (Å²) in [5, 5.41) is 0. The SMILES string of the molecule is CCCCCC=CCC=CCCCCCCCCOC(=O)C(CCN(C)C)C(=O)OCCCCCCCCC=CCC=CCCCCC. The average molecular weight is 672 g/mol. The molecule has 0 saturated carbocycles. The number of esters is 2. The standard InChI is InChI=1S/C43H77NO4/c1-5-7-9-11-13-15-17-19-21-23-25-27-29-31-33-35-39-47-42(45)41(37-38-44(3)4)43(46)48-40-36-34-32-30-28-26-24-22-20-18-16-14-12-10-8-6-2/h13-16,19-22,41H,5-12,17-18,23-40H2,1-4H3. The van der Waals surface area contributed by atoms with Gasteiger partial charge in [-0.2, -0.15) is 0 Å². The lowest BCUT2D eigenvalue weighted by molar-refractivity contribution is -0.162. The van der Waals surface area contributed by atoms with Crippen LogP contribution < -0.4 is 0 Å². The summed E-state index contributed by atoms with van der Waals surface area (Å²) < 4.78 is 11.1. The molecule has 0 aromatic heterocycles. The third kappa shape index (κ3) is 33.7.